The third-order valence-electron chi connectivity index (χ3n) is 3.25. The first kappa shape index (κ1) is 18.1. The number of rotatable bonds is 7. The fourth-order valence-electron chi connectivity index (χ4n) is 2.01. The van der Waals surface area contributed by atoms with Crippen molar-refractivity contribution in [2.45, 2.75) is 6.42 Å². The number of carbonyl (C=O) groups excluding carboxylic acids is 2. The molecule has 8 heteroatoms. The molecule has 2 N–H and O–H groups in total. The standard InChI is InChI=1S/C17H19N3O5/c1-23-14-6-5-12(10-15(14)24-2)7-8-18-16(21)17(22)20-19-11-13-4-3-9-25-13/h3-6,9-11H,7-8H2,1-2H3,(H,18,21)(H,20,22)/b19-11+. The first-order valence-corrected chi connectivity index (χ1v) is 7.49. The Hall–Kier alpha value is -3.29. The molecule has 0 radical (unpaired) electrons. The lowest BCUT2D eigenvalue weighted by atomic mass is 10.1. The quantitative estimate of drug-likeness (QED) is 0.444. The minimum atomic E-state index is -0.852. The van der Waals surface area contributed by atoms with Gasteiger partial charge in [0.2, 0.25) is 0 Å². The fraction of sp³-hybridized carbons (Fsp3) is 0.235. The molecule has 0 saturated heterocycles. The third-order valence-corrected chi connectivity index (χ3v) is 3.25. The highest BCUT2D eigenvalue weighted by Crippen LogP contribution is 2.27. The fourth-order valence-corrected chi connectivity index (χ4v) is 2.01. The summed E-state index contributed by atoms with van der Waals surface area (Å²) in [6, 6.07) is 8.81. The van der Waals surface area contributed by atoms with E-state index in [0.29, 0.717) is 30.2 Å². The van der Waals surface area contributed by atoms with Crippen LogP contribution >= 0.6 is 0 Å². The van der Waals surface area contributed by atoms with Crippen molar-refractivity contribution in [3.05, 3.63) is 47.9 Å². The zero-order valence-electron chi connectivity index (χ0n) is 13.9. The van der Waals surface area contributed by atoms with E-state index in [-0.39, 0.29) is 0 Å². The third kappa shape index (κ3) is 5.38. The Labute approximate surface area is 144 Å². The average Bonchev–Trinajstić information content (AvgIpc) is 3.14. The van der Waals surface area contributed by atoms with E-state index in [1.807, 2.05) is 12.1 Å². The SMILES string of the molecule is COc1ccc(CCNC(=O)C(=O)N/N=C/c2ccco2)cc1OC. The van der Waals surface area contributed by atoms with Crippen LogP contribution in [0.2, 0.25) is 0 Å². The van der Waals surface area contributed by atoms with Gasteiger partial charge in [0, 0.05) is 6.54 Å². The number of hydrogen-bond acceptors (Lipinski definition) is 6. The Bertz CT molecular complexity index is 741. The van der Waals surface area contributed by atoms with Crippen molar-refractivity contribution in [1.82, 2.24) is 10.7 Å². The second kappa shape index (κ2) is 9.11. The maximum Gasteiger partial charge on any atom is 0.329 e. The highest BCUT2D eigenvalue weighted by molar-refractivity contribution is 6.35. The van der Waals surface area contributed by atoms with E-state index in [1.165, 1.54) is 12.5 Å². The molecule has 0 bridgehead atoms. The number of hydrazone groups is 1. The molecule has 1 heterocycles. The van der Waals surface area contributed by atoms with Crippen LogP contribution in [0, 0.1) is 0 Å². The smallest absolute Gasteiger partial charge is 0.329 e. The highest BCUT2D eigenvalue weighted by Gasteiger charge is 2.12. The summed E-state index contributed by atoms with van der Waals surface area (Å²) in [7, 11) is 3.11. The lowest BCUT2D eigenvalue weighted by Crippen LogP contribution is -2.38. The van der Waals surface area contributed by atoms with Crippen molar-refractivity contribution in [3.63, 3.8) is 0 Å². The van der Waals surface area contributed by atoms with Crippen molar-refractivity contribution in [1.29, 1.82) is 0 Å². The van der Waals surface area contributed by atoms with Crippen LogP contribution in [0.5, 0.6) is 11.5 Å². The normalized spacial score (nSPS) is 10.5. The summed E-state index contributed by atoms with van der Waals surface area (Å²) in [4.78, 5) is 23.3. The van der Waals surface area contributed by atoms with Gasteiger partial charge in [-0.15, -0.1) is 0 Å². The zero-order valence-corrected chi connectivity index (χ0v) is 13.9. The van der Waals surface area contributed by atoms with E-state index >= 15 is 0 Å². The maximum absolute atomic E-state index is 11.7. The van der Waals surface area contributed by atoms with E-state index in [9.17, 15) is 9.59 Å². The van der Waals surface area contributed by atoms with Gasteiger partial charge in [0.25, 0.3) is 0 Å². The molecule has 0 aliphatic heterocycles. The molecule has 0 aliphatic carbocycles. The number of carbonyl (C=O) groups is 2. The van der Waals surface area contributed by atoms with Gasteiger partial charge in [0.1, 0.15) is 5.76 Å². The van der Waals surface area contributed by atoms with Crippen LogP contribution < -0.4 is 20.2 Å². The minimum absolute atomic E-state index is 0.295. The van der Waals surface area contributed by atoms with Gasteiger partial charge < -0.3 is 19.2 Å². The van der Waals surface area contributed by atoms with Crippen molar-refractivity contribution in [2.24, 2.45) is 5.10 Å². The molecule has 1 aromatic heterocycles. The van der Waals surface area contributed by atoms with Crippen LogP contribution in [0.15, 0.2) is 46.1 Å². The molecule has 2 amide bonds. The van der Waals surface area contributed by atoms with Gasteiger partial charge in [-0.2, -0.15) is 5.10 Å². The van der Waals surface area contributed by atoms with E-state index in [4.69, 9.17) is 13.9 Å². The number of ether oxygens (including phenoxy) is 2. The number of amides is 2. The molecular weight excluding hydrogens is 326 g/mol. The highest BCUT2D eigenvalue weighted by atomic mass is 16.5. The molecule has 25 heavy (non-hydrogen) atoms. The molecule has 0 aliphatic rings. The lowest BCUT2D eigenvalue weighted by molar-refractivity contribution is -0.139. The minimum Gasteiger partial charge on any atom is -0.493 e. The van der Waals surface area contributed by atoms with Crippen molar-refractivity contribution < 1.29 is 23.5 Å². The molecule has 0 atom stereocenters. The van der Waals surface area contributed by atoms with Crippen LogP contribution in [0.1, 0.15) is 11.3 Å². The topological polar surface area (TPSA) is 102 Å². The van der Waals surface area contributed by atoms with Gasteiger partial charge in [-0.25, -0.2) is 5.43 Å². The Morgan fingerprint density at radius 2 is 1.96 bits per heavy atom. The molecule has 0 unspecified atom stereocenters. The van der Waals surface area contributed by atoms with Crippen LogP contribution in [0.4, 0.5) is 0 Å². The van der Waals surface area contributed by atoms with E-state index in [0.717, 1.165) is 5.56 Å². The first-order chi connectivity index (χ1) is 12.1. The van der Waals surface area contributed by atoms with Gasteiger partial charge in [-0.1, -0.05) is 6.07 Å². The lowest BCUT2D eigenvalue weighted by Gasteiger charge is -2.09. The molecule has 132 valence electrons. The Kier molecular flexibility index (Phi) is 6.58. The first-order valence-electron chi connectivity index (χ1n) is 7.49. The van der Waals surface area contributed by atoms with Gasteiger partial charge in [-0.3, -0.25) is 9.59 Å². The number of furan rings is 1. The predicted octanol–water partition coefficient (Wildman–Crippen LogP) is 1.11. The largest absolute Gasteiger partial charge is 0.493 e. The molecular formula is C17H19N3O5. The van der Waals surface area contributed by atoms with Crippen LogP contribution in [0.25, 0.3) is 0 Å². The van der Waals surface area contributed by atoms with Crippen molar-refractivity contribution >= 4 is 18.0 Å². The molecule has 0 saturated carbocycles. The maximum atomic E-state index is 11.7. The summed E-state index contributed by atoms with van der Waals surface area (Å²) >= 11 is 0. The molecule has 1 aromatic carbocycles. The molecule has 8 nitrogen and oxygen atoms in total. The molecule has 2 rings (SSSR count). The van der Waals surface area contributed by atoms with Crippen LogP contribution in [0.3, 0.4) is 0 Å². The Balaban J connectivity index is 1.77. The van der Waals surface area contributed by atoms with Gasteiger partial charge >= 0.3 is 11.8 Å². The Morgan fingerprint density at radius 3 is 2.64 bits per heavy atom. The zero-order chi connectivity index (χ0) is 18.1. The van der Waals surface area contributed by atoms with Crippen molar-refractivity contribution in [2.75, 3.05) is 20.8 Å². The monoisotopic (exact) mass is 345 g/mol. The summed E-state index contributed by atoms with van der Waals surface area (Å²) in [5.41, 5.74) is 3.06. The average molecular weight is 345 g/mol. The number of benzene rings is 1. The Morgan fingerprint density at radius 1 is 1.16 bits per heavy atom. The number of nitrogens with one attached hydrogen (secondary N) is 2. The molecule has 2 aromatic rings. The van der Waals surface area contributed by atoms with Crippen molar-refractivity contribution in [3.8, 4) is 11.5 Å². The second-order valence-corrected chi connectivity index (χ2v) is 4.91. The number of hydrogen-bond donors (Lipinski definition) is 2. The number of nitrogens with zero attached hydrogens (tertiary/aromatic N) is 1. The molecule has 0 fully saturated rings. The van der Waals surface area contributed by atoms with Gasteiger partial charge in [-0.05, 0) is 36.2 Å². The van der Waals surface area contributed by atoms with E-state index < -0.39 is 11.8 Å². The van der Waals surface area contributed by atoms with Crippen LogP contribution in [-0.4, -0.2) is 38.8 Å². The summed E-state index contributed by atoms with van der Waals surface area (Å²) in [6.07, 6.45) is 3.31. The van der Waals surface area contributed by atoms with Gasteiger partial charge in [0.05, 0.1) is 26.7 Å². The van der Waals surface area contributed by atoms with E-state index in [2.05, 4.69) is 15.8 Å². The van der Waals surface area contributed by atoms with E-state index in [1.54, 1.807) is 32.4 Å². The van der Waals surface area contributed by atoms with Gasteiger partial charge in [0.15, 0.2) is 11.5 Å². The summed E-state index contributed by atoms with van der Waals surface area (Å²) in [5.74, 6) is 0.0850. The summed E-state index contributed by atoms with van der Waals surface area (Å²) in [5, 5.41) is 6.15. The number of methoxy groups -OCH3 is 2. The van der Waals surface area contributed by atoms with Crippen LogP contribution in [-0.2, 0) is 16.0 Å². The summed E-state index contributed by atoms with van der Waals surface area (Å²) in [6.45, 7) is 0.295. The second-order valence-electron chi connectivity index (χ2n) is 4.91. The summed E-state index contributed by atoms with van der Waals surface area (Å²) < 4.78 is 15.4. The predicted molar refractivity (Wildman–Crippen MR) is 90.7 cm³/mol. The molecule has 0 spiro atoms.